The summed E-state index contributed by atoms with van der Waals surface area (Å²) >= 11 is 0. The van der Waals surface area contributed by atoms with E-state index in [0.29, 0.717) is 16.9 Å². The number of ether oxygens (including phenoxy) is 1. The second-order valence-electron chi connectivity index (χ2n) is 4.51. The first-order chi connectivity index (χ1) is 9.02. The van der Waals surface area contributed by atoms with E-state index in [0.717, 1.165) is 11.1 Å². The summed E-state index contributed by atoms with van der Waals surface area (Å²) in [5, 5.41) is 9.25. The molecule has 0 aromatic heterocycles. The van der Waals surface area contributed by atoms with Crippen molar-refractivity contribution in [3.05, 3.63) is 58.7 Å². The number of phenols is 1. The van der Waals surface area contributed by atoms with Gasteiger partial charge in [-0.15, -0.1) is 0 Å². The van der Waals surface area contributed by atoms with Crippen molar-refractivity contribution in [3.63, 3.8) is 0 Å². The number of phenolic OH excluding ortho intramolecular Hbond substituents is 1. The van der Waals surface area contributed by atoms with Gasteiger partial charge in [-0.3, -0.25) is 4.79 Å². The quantitative estimate of drug-likeness (QED) is 0.857. The predicted molar refractivity (Wildman–Crippen MR) is 74.0 cm³/mol. The number of aryl methyl sites for hydroxylation is 2. The molecule has 0 fully saturated rings. The fourth-order valence-corrected chi connectivity index (χ4v) is 1.90. The van der Waals surface area contributed by atoms with Crippen LogP contribution in [0.5, 0.6) is 11.5 Å². The van der Waals surface area contributed by atoms with Gasteiger partial charge in [-0.1, -0.05) is 0 Å². The Morgan fingerprint density at radius 2 is 1.63 bits per heavy atom. The fourth-order valence-electron chi connectivity index (χ4n) is 1.90. The summed E-state index contributed by atoms with van der Waals surface area (Å²) in [7, 11) is 1.55. The van der Waals surface area contributed by atoms with Gasteiger partial charge in [0.25, 0.3) is 0 Å². The highest BCUT2D eigenvalue weighted by atomic mass is 16.5. The normalized spacial score (nSPS) is 10.3. The van der Waals surface area contributed by atoms with Gasteiger partial charge in [0.2, 0.25) is 0 Å². The van der Waals surface area contributed by atoms with Crippen molar-refractivity contribution in [3.8, 4) is 11.5 Å². The molecule has 98 valence electrons. The van der Waals surface area contributed by atoms with Crippen LogP contribution < -0.4 is 4.74 Å². The molecule has 0 bridgehead atoms. The van der Waals surface area contributed by atoms with Gasteiger partial charge in [-0.25, -0.2) is 0 Å². The molecule has 0 atom stereocenters. The van der Waals surface area contributed by atoms with Gasteiger partial charge >= 0.3 is 0 Å². The minimum atomic E-state index is -0.111. The molecule has 2 aromatic carbocycles. The Balaban J connectivity index is 2.49. The van der Waals surface area contributed by atoms with Crippen molar-refractivity contribution in [2.75, 3.05) is 7.11 Å². The molecule has 19 heavy (non-hydrogen) atoms. The number of methoxy groups -OCH3 is 1. The Morgan fingerprint density at radius 3 is 2.21 bits per heavy atom. The lowest BCUT2D eigenvalue weighted by Gasteiger charge is -2.11. The molecule has 2 aromatic rings. The zero-order valence-corrected chi connectivity index (χ0v) is 11.2. The van der Waals surface area contributed by atoms with Crippen LogP contribution in [0.15, 0.2) is 36.4 Å². The third kappa shape index (κ3) is 2.60. The van der Waals surface area contributed by atoms with Crippen molar-refractivity contribution in [1.82, 2.24) is 0 Å². The average Bonchev–Trinajstić information content (AvgIpc) is 2.41. The van der Waals surface area contributed by atoms with E-state index in [1.807, 2.05) is 26.0 Å². The lowest BCUT2D eigenvalue weighted by molar-refractivity contribution is 0.103. The highest BCUT2D eigenvalue weighted by molar-refractivity contribution is 6.11. The molecule has 3 heteroatoms. The minimum Gasteiger partial charge on any atom is -0.508 e. The first-order valence-corrected chi connectivity index (χ1v) is 6.02. The van der Waals surface area contributed by atoms with Crippen molar-refractivity contribution in [2.45, 2.75) is 13.8 Å². The van der Waals surface area contributed by atoms with Crippen molar-refractivity contribution < 1.29 is 14.6 Å². The third-order valence-electron chi connectivity index (χ3n) is 3.19. The van der Waals surface area contributed by atoms with Crippen LogP contribution in [0.1, 0.15) is 27.0 Å². The molecule has 1 N–H and O–H groups in total. The van der Waals surface area contributed by atoms with E-state index in [1.54, 1.807) is 19.2 Å². The van der Waals surface area contributed by atoms with Crippen LogP contribution in [0.3, 0.4) is 0 Å². The van der Waals surface area contributed by atoms with E-state index in [2.05, 4.69) is 0 Å². The smallest absolute Gasteiger partial charge is 0.196 e. The van der Waals surface area contributed by atoms with Crippen molar-refractivity contribution in [1.29, 1.82) is 0 Å². The topological polar surface area (TPSA) is 46.5 Å². The Hall–Kier alpha value is -2.29. The summed E-state index contributed by atoms with van der Waals surface area (Å²) in [6.45, 7) is 3.94. The third-order valence-corrected chi connectivity index (χ3v) is 3.19. The fraction of sp³-hybridized carbons (Fsp3) is 0.188. The molecule has 3 nitrogen and oxygen atoms in total. The van der Waals surface area contributed by atoms with E-state index in [4.69, 9.17) is 4.74 Å². The number of benzene rings is 2. The first-order valence-electron chi connectivity index (χ1n) is 6.02. The summed E-state index contributed by atoms with van der Waals surface area (Å²) in [6, 6.07) is 9.91. The number of hydrogen-bond acceptors (Lipinski definition) is 3. The van der Waals surface area contributed by atoms with Gasteiger partial charge in [0.15, 0.2) is 5.78 Å². The van der Waals surface area contributed by atoms with Gasteiger partial charge in [0, 0.05) is 5.56 Å². The second kappa shape index (κ2) is 5.14. The maximum absolute atomic E-state index is 12.4. The highest BCUT2D eigenvalue weighted by Gasteiger charge is 2.15. The SMILES string of the molecule is COc1cc(C)c(C)cc1C(=O)c1ccc(O)cc1. The molecule has 0 spiro atoms. The average molecular weight is 256 g/mol. The molecule has 0 amide bonds. The predicted octanol–water partition coefficient (Wildman–Crippen LogP) is 3.25. The lowest BCUT2D eigenvalue weighted by Crippen LogP contribution is -2.05. The monoisotopic (exact) mass is 256 g/mol. The number of ketones is 1. The van der Waals surface area contributed by atoms with Crippen LogP contribution in [-0.2, 0) is 0 Å². The van der Waals surface area contributed by atoms with Crippen LogP contribution in [0.25, 0.3) is 0 Å². The molecule has 0 radical (unpaired) electrons. The van der Waals surface area contributed by atoms with Crippen molar-refractivity contribution >= 4 is 5.78 Å². The van der Waals surface area contributed by atoms with Crippen LogP contribution in [0.2, 0.25) is 0 Å². The van der Waals surface area contributed by atoms with Crippen LogP contribution >= 0.6 is 0 Å². The number of carbonyl (C=O) groups excluding carboxylic acids is 1. The highest BCUT2D eigenvalue weighted by Crippen LogP contribution is 2.26. The Bertz CT molecular complexity index is 613. The van der Waals surface area contributed by atoms with Crippen LogP contribution in [0.4, 0.5) is 0 Å². The standard InChI is InChI=1S/C16H16O3/c1-10-8-14(15(19-3)9-11(10)2)16(18)12-4-6-13(17)7-5-12/h4-9,17H,1-3H3. The second-order valence-corrected chi connectivity index (χ2v) is 4.51. The molecule has 0 aliphatic heterocycles. The van der Waals surface area contributed by atoms with Gasteiger partial charge in [0.1, 0.15) is 11.5 Å². The van der Waals surface area contributed by atoms with Crippen LogP contribution in [0, 0.1) is 13.8 Å². The van der Waals surface area contributed by atoms with Gasteiger partial charge in [-0.05, 0) is 61.4 Å². The lowest BCUT2D eigenvalue weighted by atomic mass is 9.98. The van der Waals surface area contributed by atoms with Crippen LogP contribution in [-0.4, -0.2) is 18.0 Å². The summed E-state index contributed by atoms with van der Waals surface area (Å²) in [4.78, 5) is 12.4. The zero-order valence-electron chi connectivity index (χ0n) is 11.2. The van der Waals surface area contributed by atoms with Gasteiger partial charge < -0.3 is 9.84 Å². The van der Waals surface area contributed by atoms with E-state index in [1.165, 1.54) is 12.1 Å². The summed E-state index contributed by atoms with van der Waals surface area (Å²) in [5.41, 5.74) is 3.19. The Labute approximate surface area is 112 Å². The first kappa shape index (κ1) is 13.1. The largest absolute Gasteiger partial charge is 0.508 e. The Morgan fingerprint density at radius 1 is 1.05 bits per heavy atom. The maximum atomic E-state index is 12.4. The molecule has 0 aliphatic rings. The molecular formula is C16H16O3. The molecule has 0 aliphatic carbocycles. The van der Waals surface area contributed by atoms with Gasteiger partial charge in [0.05, 0.1) is 12.7 Å². The number of carbonyl (C=O) groups is 1. The van der Waals surface area contributed by atoms with E-state index in [9.17, 15) is 9.90 Å². The minimum absolute atomic E-state index is 0.111. The summed E-state index contributed by atoms with van der Waals surface area (Å²) in [5.74, 6) is 0.602. The molecule has 0 unspecified atom stereocenters. The number of rotatable bonds is 3. The maximum Gasteiger partial charge on any atom is 0.196 e. The summed E-state index contributed by atoms with van der Waals surface area (Å²) in [6.07, 6.45) is 0. The number of hydrogen-bond donors (Lipinski definition) is 1. The molecular weight excluding hydrogens is 240 g/mol. The number of aromatic hydroxyl groups is 1. The summed E-state index contributed by atoms with van der Waals surface area (Å²) < 4.78 is 5.28. The van der Waals surface area contributed by atoms with E-state index >= 15 is 0 Å². The molecule has 0 heterocycles. The van der Waals surface area contributed by atoms with Gasteiger partial charge in [-0.2, -0.15) is 0 Å². The van der Waals surface area contributed by atoms with Crippen molar-refractivity contribution in [2.24, 2.45) is 0 Å². The Kier molecular flexibility index (Phi) is 3.56. The van der Waals surface area contributed by atoms with E-state index in [-0.39, 0.29) is 11.5 Å². The molecule has 2 rings (SSSR count). The zero-order chi connectivity index (χ0) is 14.0. The molecule has 0 saturated heterocycles. The van der Waals surface area contributed by atoms with E-state index < -0.39 is 0 Å². The molecule has 0 saturated carbocycles.